The van der Waals surface area contributed by atoms with Crippen LogP contribution in [0.1, 0.15) is 12.0 Å². The van der Waals surface area contributed by atoms with Crippen molar-refractivity contribution in [2.75, 3.05) is 32.4 Å². The number of anilines is 1. The molecule has 6 heteroatoms. The Bertz CT molecular complexity index is 885. The lowest BCUT2D eigenvalue weighted by atomic mass is 9.51. The van der Waals surface area contributed by atoms with Crippen LogP contribution < -0.4 is 5.06 Å². The van der Waals surface area contributed by atoms with Crippen LogP contribution in [0.3, 0.4) is 0 Å². The van der Waals surface area contributed by atoms with Gasteiger partial charge >= 0.3 is 0 Å². The van der Waals surface area contributed by atoms with E-state index >= 15 is 0 Å². The molecule has 1 amide bonds. The largest absolute Gasteiger partial charge is 0.633 e. The second kappa shape index (κ2) is 4.63. The maximum atomic E-state index is 13.9. The first-order valence-corrected chi connectivity index (χ1v) is 9.73. The fraction of sp³-hybridized carbons (Fsp3) is 0.571. The molecule has 4 fully saturated rings. The van der Waals surface area contributed by atoms with Crippen LogP contribution in [0, 0.1) is 28.4 Å². The maximum absolute atomic E-state index is 13.9. The molecule has 27 heavy (non-hydrogen) atoms. The van der Waals surface area contributed by atoms with E-state index in [9.17, 15) is 10.0 Å². The van der Waals surface area contributed by atoms with Crippen molar-refractivity contribution < 1.29 is 19.0 Å². The highest BCUT2D eigenvalue weighted by molar-refractivity contribution is 6.08. The molecule has 1 spiro atoms. The summed E-state index contributed by atoms with van der Waals surface area (Å²) in [4.78, 5) is 19.4. The van der Waals surface area contributed by atoms with Crippen molar-refractivity contribution in [3.8, 4) is 0 Å². The molecule has 1 aromatic carbocycles. The molecule has 0 radical (unpaired) electrons. The second-order valence-corrected chi connectivity index (χ2v) is 9.11. The number of piperidine rings is 1. The van der Waals surface area contributed by atoms with Crippen molar-refractivity contribution in [1.29, 1.82) is 0 Å². The van der Waals surface area contributed by atoms with Crippen LogP contribution >= 0.6 is 0 Å². The van der Waals surface area contributed by atoms with E-state index in [-0.39, 0.29) is 40.0 Å². The number of quaternary nitrogens is 1. The summed E-state index contributed by atoms with van der Waals surface area (Å²) in [5.41, 5.74) is 0.541. The third-order valence-electron chi connectivity index (χ3n) is 8.41. The molecule has 5 bridgehead atoms. The Kier molecular flexibility index (Phi) is 2.79. The molecule has 142 valence electrons. The minimum Gasteiger partial charge on any atom is -0.633 e. The van der Waals surface area contributed by atoms with Crippen LogP contribution in [0.2, 0.25) is 0 Å². The van der Waals surface area contributed by atoms with Gasteiger partial charge in [-0.2, -0.15) is 5.06 Å². The van der Waals surface area contributed by atoms with Gasteiger partial charge in [0.25, 0.3) is 5.91 Å². The van der Waals surface area contributed by atoms with E-state index in [1.165, 1.54) is 12.2 Å². The number of amides is 1. The Labute approximate surface area is 158 Å². The molecule has 2 saturated carbocycles. The fourth-order valence-corrected chi connectivity index (χ4v) is 7.89. The smallest absolute Gasteiger partial charge is 0.264 e. The normalized spacial score (nSPS) is 51.3. The molecule has 1 unspecified atom stereocenters. The number of fused-ring (bicyclic) bond motifs is 5. The summed E-state index contributed by atoms with van der Waals surface area (Å²) >= 11 is 0. The monoisotopic (exact) mass is 368 g/mol. The molecule has 3 heterocycles. The highest BCUT2D eigenvalue weighted by Crippen LogP contribution is 2.75. The number of hydroxylamine groups is 4. The van der Waals surface area contributed by atoms with Gasteiger partial charge in [0.2, 0.25) is 0 Å². The zero-order chi connectivity index (χ0) is 18.8. The first-order valence-electron chi connectivity index (χ1n) is 9.73. The standard InChI is InChI=1S/C21H24N2O4/c1-4-20-11-23(2,25)17-12-10-27-16(9-14(12)20)21(18(17)20)13-7-5-6-8-15(13)22(26-3)19(21)24/h4-8,12,14,16-18H,1,9-11H2,2-3H3/t12-,14+,16+,17+,18-,20-,21-,23?/m0/s1. The van der Waals surface area contributed by atoms with E-state index in [0.717, 1.165) is 17.7 Å². The number of likely N-dealkylation sites (tertiary alicyclic amines) is 1. The Hall–Kier alpha value is -1.73. The van der Waals surface area contributed by atoms with Crippen molar-refractivity contribution in [1.82, 2.24) is 0 Å². The van der Waals surface area contributed by atoms with Crippen molar-refractivity contribution in [3.05, 3.63) is 47.7 Å². The molecule has 8 atom stereocenters. The summed E-state index contributed by atoms with van der Waals surface area (Å²) in [6.45, 7) is 5.24. The number of carbonyl (C=O) groups is 1. The molecule has 3 aliphatic heterocycles. The summed E-state index contributed by atoms with van der Waals surface area (Å²) in [6.07, 6.45) is 2.60. The lowest BCUT2D eigenvalue weighted by Gasteiger charge is -2.55. The number of nitrogens with zero attached hydrogens (tertiary/aromatic N) is 2. The zero-order valence-electron chi connectivity index (χ0n) is 15.6. The summed E-state index contributed by atoms with van der Waals surface area (Å²) in [6, 6.07) is 7.68. The summed E-state index contributed by atoms with van der Waals surface area (Å²) in [5.74, 6) is 0.387. The first-order chi connectivity index (χ1) is 12.9. The minimum absolute atomic E-state index is 0.0830. The van der Waals surface area contributed by atoms with Gasteiger partial charge in [-0.15, -0.1) is 6.58 Å². The highest BCUT2D eigenvalue weighted by Gasteiger charge is 2.84. The molecule has 6 rings (SSSR count). The van der Waals surface area contributed by atoms with Crippen molar-refractivity contribution >= 4 is 11.6 Å². The van der Waals surface area contributed by atoms with E-state index in [0.29, 0.717) is 19.1 Å². The van der Waals surface area contributed by atoms with E-state index in [2.05, 4.69) is 6.58 Å². The fourth-order valence-electron chi connectivity index (χ4n) is 7.89. The van der Waals surface area contributed by atoms with Gasteiger partial charge in [-0.05, 0) is 24.0 Å². The Balaban J connectivity index is 1.69. The molecular weight excluding hydrogens is 344 g/mol. The lowest BCUT2D eigenvalue weighted by Crippen LogP contribution is -2.63. The van der Waals surface area contributed by atoms with Gasteiger partial charge in [-0.3, -0.25) is 9.63 Å². The summed E-state index contributed by atoms with van der Waals surface area (Å²) in [7, 11) is 3.29. The average Bonchev–Trinajstić information content (AvgIpc) is 3.08. The van der Waals surface area contributed by atoms with Crippen molar-refractivity contribution in [2.45, 2.75) is 24.0 Å². The van der Waals surface area contributed by atoms with E-state index < -0.39 is 5.41 Å². The molecule has 2 saturated heterocycles. The molecule has 1 aromatic rings. The predicted molar refractivity (Wildman–Crippen MR) is 98.3 cm³/mol. The first kappa shape index (κ1) is 16.2. The van der Waals surface area contributed by atoms with Gasteiger partial charge in [-0.1, -0.05) is 24.3 Å². The van der Waals surface area contributed by atoms with Gasteiger partial charge in [-0.25, -0.2) is 0 Å². The van der Waals surface area contributed by atoms with Gasteiger partial charge in [0.1, 0.15) is 5.41 Å². The van der Waals surface area contributed by atoms with Crippen LogP contribution in [0.4, 0.5) is 5.69 Å². The number of rotatable bonds is 2. The highest BCUT2D eigenvalue weighted by atomic mass is 16.7. The van der Waals surface area contributed by atoms with Gasteiger partial charge < -0.3 is 14.6 Å². The van der Waals surface area contributed by atoms with Crippen molar-refractivity contribution in [3.63, 3.8) is 0 Å². The molecule has 2 aliphatic carbocycles. The Morgan fingerprint density at radius 1 is 1.44 bits per heavy atom. The number of ether oxygens (including phenoxy) is 1. The Morgan fingerprint density at radius 3 is 2.96 bits per heavy atom. The van der Waals surface area contributed by atoms with E-state index in [1.54, 1.807) is 7.05 Å². The van der Waals surface area contributed by atoms with Gasteiger partial charge in [0.05, 0.1) is 50.6 Å². The Morgan fingerprint density at radius 2 is 2.22 bits per heavy atom. The summed E-state index contributed by atoms with van der Waals surface area (Å²) in [5, 5.41) is 15.0. The van der Waals surface area contributed by atoms with Crippen LogP contribution in [-0.4, -0.2) is 50.0 Å². The summed E-state index contributed by atoms with van der Waals surface area (Å²) < 4.78 is 6.00. The van der Waals surface area contributed by atoms with Crippen LogP contribution in [-0.2, 0) is 19.8 Å². The number of hydrogen-bond donors (Lipinski definition) is 0. The number of hydrogen-bond acceptors (Lipinski definition) is 4. The molecule has 0 N–H and O–H groups in total. The second-order valence-electron chi connectivity index (χ2n) is 9.11. The average molecular weight is 368 g/mol. The lowest BCUT2D eigenvalue weighted by molar-refractivity contribution is -0.887. The molecular formula is C21H24N2O4. The van der Waals surface area contributed by atoms with E-state index in [4.69, 9.17) is 9.57 Å². The molecule has 6 nitrogen and oxygen atoms in total. The number of para-hydroxylation sites is 1. The van der Waals surface area contributed by atoms with Gasteiger partial charge in [0.15, 0.2) is 0 Å². The van der Waals surface area contributed by atoms with Crippen LogP contribution in [0.15, 0.2) is 36.9 Å². The third kappa shape index (κ3) is 1.44. The predicted octanol–water partition coefficient (Wildman–Crippen LogP) is 2.00. The van der Waals surface area contributed by atoms with E-state index in [1.807, 2.05) is 30.3 Å². The van der Waals surface area contributed by atoms with Gasteiger partial charge in [0, 0.05) is 11.8 Å². The minimum atomic E-state index is -0.867. The van der Waals surface area contributed by atoms with Crippen molar-refractivity contribution in [2.24, 2.45) is 23.2 Å². The molecule has 0 aromatic heterocycles. The SMILES string of the molecule is C=C[C@]12C[N+](C)([O-])[C@@H]3[C@H]4CO[C@H](C[C@H]41)[C@]1(C(=O)N(OC)c4ccccc41)[C@@H]32. The molecule has 5 aliphatic rings. The topological polar surface area (TPSA) is 61.8 Å². The number of carbonyl (C=O) groups excluding carboxylic acids is 1. The zero-order valence-corrected chi connectivity index (χ0v) is 15.6. The quantitative estimate of drug-likeness (QED) is 0.455. The van der Waals surface area contributed by atoms with Crippen LogP contribution in [0.25, 0.3) is 0 Å². The maximum Gasteiger partial charge on any atom is 0.264 e. The third-order valence-corrected chi connectivity index (χ3v) is 8.41. The number of benzene rings is 1. The van der Waals surface area contributed by atoms with Crippen LogP contribution in [0.5, 0.6) is 0 Å².